The van der Waals surface area contributed by atoms with Crippen molar-refractivity contribution in [2.75, 3.05) is 109 Å². The number of nitrogens with one attached hydrogen (secondary N) is 8. The zero-order chi connectivity index (χ0) is 106. The van der Waals surface area contributed by atoms with Crippen molar-refractivity contribution in [1.29, 1.82) is 0 Å². The molecule has 10 N–H and O–H groups in total. The first-order valence-electron chi connectivity index (χ1n) is 43.9. The molecule has 38 nitrogen and oxygen atoms in total. The minimum absolute atomic E-state index is 0.00833. The summed E-state index contributed by atoms with van der Waals surface area (Å²) in [5, 5.41) is 30.8. The van der Waals surface area contributed by atoms with Crippen LogP contribution in [0.25, 0.3) is 10.7 Å². The van der Waals surface area contributed by atoms with Crippen LogP contribution in [0.3, 0.4) is 0 Å². The molecule has 11 rings (SSSR count). The van der Waals surface area contributed by atoms with Gasteiger partial charge in [0, 0.05) is 158 Å². The zero-order valence-corrected chi connectivity index (χ0v) is 83.1. The number of H-pyrrole nitrogens is 1. The van der Waals surface area contributed by atoms with Crippen LogP contribution in [0.4, 0.5) is 24.5 Å². The molecule has 1 aliphatic carbocycles. The van der Waals surface area contributed by atoms with Gasteiger partial charge in [0.25, 0.3) is 41.4 Å². The summed E-state index contributed by atoms with van der Waals surface area (Å²) in [6.45, 7) is 11.5. The number of halogens is 4. The molecule has 1 atom stereocenters. The second kappa shape index (κ2) is 62.5. The van der Waals surface area contributed by atoms with Crippen molar-refractivity contribution in [3.63, 3.8) is 0 Å². The normalized spacial score (nSPS) is 11.9. The molecular formula is C101H115ClF3N15O23S. The van der Waals surface area contributed by atoms with Crippen LogP contribution in [0.5, 0.6) is 0 Å². The lowest BCUT2D eigenvalue weighted by Crippen LogP contribution is -2.38. The molecule has 0 bridgehead atoms. The number of esters is 7. The number of hydrogen-bond donors (Lipinski definition) is 9. The third-order valence-corrected chi connectivity index (χ3v) is 20.6. The Balaban J connectivity index is 0.000000296. The number of aryl methyl sites for hydroxylation is 3. The highest BCUT2D eigenvalue weighted by atomic mass is 35.5. The molecule has 144 heavy (non-hydrogen) atoms. The van der Waals surface area contributed by atoms with Crippen molar-refractivity contribution >= 4 is 129 Å². The predicted molar refractivity (Wildman–Crippen MR) is 532 cm³/mol. The summed E-state index contributed by atoms with van der Waals surface area (Å²) in [4.78, 5) is 179. The van der Waals surface area contributed by atoms with E-state index in [-0.39, 0.29) is 98.0 Å². The number of hydrogen-bond acceptors (Lipinski definition) is 29. The number of thiophene rings is 1. The Bertz CT molecular complexity index is 6140. The van der Waals surface area contributed by atoms with Gasteiger partial charge >= 0.3 is 48.0 Å². The number of ketones is 1. The SMILES string of the molecule is COC(=O)/C=C/CCC(=O)[C@H](C)NC(=O)c1ccco1.COC(=O)/C=C/CNC(=O)c1cc(-n2nc(C)cc2C)ccc1Cl.COC(=O)/C=C/CNC(=O)c1cc(C)sc1-n1cccc1.COC(=O)/C=C/CNC(=O)c1cc(C2CC2)[nH]n1.COC(=O)/C=C/CNC(=O)c1ccc(C(F)(F)F)cc1N.COC(=O)/C=C/CNC(=O)c1ccc2c(c1)CC(C)=N2.COC(=O)/C=C/CNC(=O)c1cccc(CN(C)C)c1. The molecule has 0 saturated heterocycles. The van der Waals surface area contributed by atoms with Gasteiger partial charge in [-0.3, -0.25) is 48.4 Å². The van der Waals surface area contributed by atoms with E-state index in [4.69, 9.17) is 21.8 Å². The molecule has 4 aromatic carbocycles. The molecule has 0 radical (unpaired) electrons. The number of nitrogens with two attached hydrogens (primary N) is 1. The maximum Gasteiger partial charge on any atom is 0.416 e. The lowest BCUT2D eigenvalue weighted by Gasteiger charge is -2.10. The van der Waals surface area contributed by atoms with Gasteiger partial charge in [0.05, 0.1) is 106 Å². The fourth-order valence-corrected chi connectivity index (χ4v) is 13.2. The fraction of sp³-hybridized carbons (Fsp3) is 0.287. The summed E-state index contributed by atoms with van der Waals surface area (Å²) >= 11 is 7.68. The molecule has 1 saturated carbocycles. The third-order valence-electron chi connectivity index (χ3n) is 19.2. The van der Waals surface area contributed by atoms with Crippen LogP contribution in [0.1, 0.15) is 157 Å². The molecule has 7 amide bonds. The van der Waals surface area contributed by atoms with Gasteiger partial charge in [-0.2, -0.15) is 23.4 Å². The number of ether oxygens (including phenoxy) is 7. The Hall–Kier alpha value is -16.5. The summed E-state index contributed by atoms with van der Waals surface area (Å²) in [6, 6.07) is 32.4. The quantitative estimate of drug-likeness (QED) is 0.00762. The average molecular weight is 2030 g/mol. The third kappa shape index (κ3) is 43.5. The van der Waals surface area contributed by atoms with Crippen LogP contribution in [0.2, 0.25) is 5.02 Å². The van der Waals surface area contributed by atoms with Crippen LogP contribution in [0.15, 0.2) is 234 Å². The Morgan fingerprint density at radius 2 is 1.03 bits per heavy atom. The molecular weight excluding hydrogens is 1920 g/mol. The summed E-state index contributed by atoms with van der Waals surface area (Å²) in [7, 11) is 12.9. The van der Waals surface area contributed by atoms with Crippen LogP contribution >= 0.6 is 22.9 Å². The highest BCUT2D eigenvalue weighted by Gasteiger charge is 2.32. The van der Waals surface area contributed by atoms with Gasteiger partial charge in [-0.1, -0.05) is 66.3 Å². The summed E-state index contributed by atoms with van der Waals surface area (Å²) in [5.74, 6) is -4.89. The lowest BCUT2D eigenvalue weighted by atomic mass is 10.1. The topological polar surface area (TPSA) is 511 Å². The van der Waals surface area contributed by atoms with Gasteiger partial charge < -0.3 is 90.0 Å². The van der Waals surface area contributed by atoms with Gasteiger partial charge in [-0.15, -0.1) is 11.3 Å². The number of alkyl halides is 3. The first-order chi connectivity index (χ1) is 68.6. The highest BCUT2D eigenvalue weighted by molar-refractivity contribution is 7.14. The zero-order valence-electron chi connectivity index (χ0n) is 81.6. The summed E-state index contributed by atoms with van der Waals surface area (Å²) < 4.78 is 77.0. The van der Waals surface area contributed by atoms with Gasteiger partial charge in [-0.25, -0.2) is 38.2 Å². The number of nitrogens with zero attached hydrogens (tertiary/aromatic N) is 6. The number of fused-ring (bicyclic) bond motifs is 1. The van der Waals surface area contributed by atoms with Gasteiger partial charge in [0.2, 0.25) is 0 Å². The largest absolute Gasteiger partial charge is 0.466 e. The molecule has 1 aliphatic heterocycles. The molecule has 766 valence electrons. The van der Waals surface area contributed by atoms with Crippen molar-refractivity contribution in [3.8, 4) is 10.7 Å². The van der Waals surface area contributed by atoms with Crippen LogP contribution in [-0.4, -0.2) is 233 Å². The predicted octanol–water partition coefficient (Wildman–Crippen LogP) is 11.9. The van der Waals surface area contributed by atoms with Crippen molar-refractivity contribution in [2.45, 2.75) is 91.4 Å². The number of benzene rings is 4. The maximum absolute atomic E-state index is 12.4. The number of amides is 7. The highest BCUT2D eigenvalue weighted by Crippen LogP contribution is 2.39. The van der Waals surface area contributed by atoms with E-state index < -0.39 is 71.4 Å². The number of allylic oxidation sites excluding steroid dienone is 1. The van der Waals surface area contributed by atoms with E-state index in [2.05, 4.69) is 90.7 Å². The molecule has 1 fully saturated rings. The fourth-order valence-electron chi connectivity index (χ4n) is 12.0. The van der Waals surface area contributed by atoms with Crippen molar-refractivity contribution < 1.29 is 123 Å². The van der Waals surface area contributed by atoms with Crippen molar-refractivity contribution in [3.05, 3.63) is 308 Å². The number of furan rings is 1. The van der Waals surface area contributed by atoms with E-state index in [9.17, 15) is 85.1 Å². The van der Waals surface area contributed by atoms with Gasteiger partial charge in [0.15, 0.2) is 11.5 Å². The standard InChI is InChI=1S/C17H18ClN3O3.C15H16N2O3S.C15H16N2O3.C15H20N2O3.C14H17NO5.C13H13F3N2O3.C12H15N3O3/c1-11-9-12(2)21(20-11)13-6-7-15(18)14(10-13)17(23)19-8-4-5-16(22)24-3;1-11-10-12(15(21-11)17-8-3-4-9-17)14(19)16-7-5-6-13(18)20-2;1-10-8-12-9-11(5-6-13(12)17-10)15(19)16-7-3-4-14(18)20-2;1-17(2)11-12-6-4-7-13(10-12)15(19)16-9-5-8-14(18)20-3;1-10(15-14(18)12-7-5-9-20-12)11(16)6-3-4-8-13(17)19-2;1-21-11(19)3-2-6-18-12(20)9-5-4-8(7-10(9)17)13(14,15)16;1-18-11(16)3-2-6-13-12(17)10-7-9(14-15-10)8-4-5-8/h4-7,9-10H,8H2,1-3H3,(H,19,23);3-6,8-10H,7H2,1-2H3,(H,16,19);3-6,9H,7-8H2,1-2H3,(H,16,19);4-8,10H,9,11H2,1-3H3,(H,16,19);4-5,7-10H,3,6H2,1-2H3,(H,15,18);2-5,7H,6,17H2,1H3,(H,18,20);2-3,7-8H,4-6H2,1H3,(H,13,17)(H,14,15)/b5-4+;6-5+;4-3+;8-5+;8-4+;2*3-2+/t;;;;10-;;/m....0../s1. The van der Waals surface area contributed by atoms with E-state index in [1.54, 1.807) is 89.7 Å². The van der Waals surface area contributed by atoms with E-state index in [0.29, 0.717) is 51.4 Å². The van der Waals surface area contributed by atoms with E-state index in [0.717, 1.165) is 99.2 Å². The number of Topliss-reactive ketones (excluding diaryl/α,β-unsaturated/α-hetero) is 1. The number of aliphatic imine (C=N–C) groups is 1. The number of rotatable bonds is 36. The lowest BCUT2D eigenvalue weighted by molar-refractivity contribution is -0.138. The first-order valence-corrected chi connectivity index (χ1v) is 45.1. The number of anilines is 1. The van der Waals surface area contributed by atoms with Gasteiger partial charge in [-0.05, 0) is 188 Å². The minimum Gasteiger partial charge on any atom is -0.466 e. The van der Waals surface area contributed by atoms with Crippen LogP contribution in [-0.2, 0) is 90.7 Å². The average Bonchev–Trinajstić information content (AvgIpc) is 1.63. The molecule has 0 spiro atoms. The number of aromatic amines is 1. The van der Waals surface area contributed by atoms with Crippen LogP contribution < -0.4 is 43.0 Å². The van der Waals surface area contributed by atoms with E-state index >= 15 is 0 Å². The second-order valence-electron chi connectivity index (χ2n) is 30.7. The molecule has 9 aromatic rings. The number of methoxy groups -OCH3 is 7. The monoisotopic (exact) mass is 2030 g/mol. The molecule has 2 aliphatic rings. The van der Waals surface area contributed by atoms with Crippen molar-refractivity contribution in [1.82, 2.24) is 66.7 Å². The number of carbonyl (C=O) groups excluding carboxylic acids is 15. The Morgan fingerprint density at radius 3 is 1.49 bits per heavy atom. The maximum atomic E-state index is 12.4. The Morgan fingerprint density at radius 1 is 0.542 bits per heavy atom. The molecule has 5 aromatic heterocycles. The molecule has 43 heteroatoms. The minimum atomic E-state index is -4.52. The van der Waals surface area contributed by atoms with Gasteiger partial charge in [0.1, 0.15) is 10.7 Å². The molecule has 0 unspecified atom stereocenters. The number of carbonyl (C=O) groups is 15. The summed E-state index contributed by atoms with van der Waals surface area (Å²) in [6.07, 6.45) is 23.7. The first kappa shape index (κ1) is 118. The number of aromatic nitrogens is 5. The van der Waals surface area contributed by atoms with Crippen LogP contribution in [0, 0.1) is 20.8 Å². The Labute approximate surface area is 837 Å². The smallest absolute Gasteiger partial charge is 0.416 e. The van der Waals surface area contributed by atoms with E-state index in [1.165, 1.54) is 117 Å². The Kier molecular flexibility index (Phi) is 51.2. The second-order valence-corrected chi connectivity index (χ2v) is 32.3. The van der Waals surface area contributed by atoms with Crippen molar-refractivity contribution in [2.24, 2.45) is 4.99 Å². The molecule has 6 heterocycles. The number of nitrogen functional groups attached to an aromatic ring is 1. The van der Waals surface area contributed by atoms with E-state index in [1.807, 2.05) is 118 Å². The summed E-state index contributed by atoms with van der Waals surface area (Å²) in [5.41, 5.74) is 14.5.